The highest BCUT2D eigenvalue weighted by molar-refractivity contribution is 9.09. The number of benzene rings is 2. The molecule has 0 aliphatic heterocycles. The van der Waals surface area contributed by atoms with E-state index in [0.29, 0.717) is 22.8 Å². The highest BCUT2D eigenvalue weighted by Gasteiger charge is 2.20. The van der Waals surface area contributed by atoms with Crippen molar-refractivity contribution < 1.29 is 18.6 Å². The lowest BCUT2D eigenvalue weighted by Crippen LogP contribution is -2.01. The number of hydrogen-bond acceptors (Lipinski definition) is 3. The molecule has 5 heteroatoms. The van der Waals surface area contributed by atoms with Crippen LogP contribution in [0.15, 0.2) is 36.4 Å². The summed E-state index contributed by atoms with van der Waals surface area (Å²) >= 11 is 3.59. The molecule has 0 radical (unpaired) electrons. The van der Waals surface area contributed by atoms with Crippen LogP contribution < -0.4 is 14.2 Å². The van der Waals surface area contributed by atoms with Gasteiger partial charge in [-0.3, -0.25) is 0 Å². The van der Waals surface area contributed by atoms with Crippen molar-refractivity contribution in [2.24, 2.45) is 0 Å². The average Bonchev–Trinajstić information content (AvgIpc) is 2.53. The molecule has 0 fully saturated rings. The Morgan fingerprint density at radius 2 is 1.57 bits per heavy atom. The Hall–Kier alpha value is -1.75. The maximum atomic E-state index is 13.5. The zero-order valence-electron chi connectivity index (χ0n) is 12.0. The van der Waals surface area contributed by atoms with Crippen molar-refractivity contribution in [3.8, 4) is 17.2 Å². The van der Waals surface area contributed by atoms with Crippen molar-refractivity contribution in [3.63, 3.8) is 0 Å². The molecule has 0 aliphatic rings. The topological polar surface area (TPSA) is 27.7 Å². The van der Waals surface area contributed by atoms with E-state index in [1.165, 1.54) is 12.1 Å². The molecule has 0 saturated carbocycles. The molecule has 0 aromatic heterocycles. The Morgan fingerprint density at radius 1 is 0.857 bits per heavy atom. The second kappa shape index (κ2) is 6.80. The van der Waals surface area contributed by atoms with Gasteiger partial charge in [-0.25, -0.2) is 4.39 Å². The predicted octanol–water partition coefficient (Wildman–Crippen LogP) is 4.34. The summed E-state index contributed by atoms with van der Waals surface area (Å²) in [5.74, 6) is 1.64. The summed E-state index contributed by atoms with van der Waals surface area (Å²) in [7, 11) is 4.73. The van der Waals surface area contributed by atoms with Crippen molar-refractivity contribution >= 4 is 15.9 Å². The summed E-state index contributed by atoms with van der Waals surface area (Å²) in [4.78, 5) is -0.260. The van der Waals surface area contributed by atoms with Gasteiger partial charge in [-0.1, -0.05) is 22.0 Å². The molecule has 0 aliphatic carbocycles. The molecule has 1 unspecified atom stereocenters. The van der Waals surface area contributed by atoms with Gasteiger partial charge < -0.3 is 14.2 Å². The van der Waals surface area contributed by atoms with Gasteiger partial charge >= 0.3 is 0 Å². The minimum Gasteiger partial charge on any atom is -0.497 e. The number of methoxy groups -OCH3 is 3. The van der Waals surface area contributed by atoms with Crippen molar-refractivity contribution in [3.05, 3.63) is 53.3 Å². The van der Waals surface area contributed by atoms with Crippen LogP contribution in [0.25, 0.3) is 0 Å². The third kappa shape index (κ3) is 3.29. The van der Waals surface area contributed by atoms with Gasteiger partial charge in [-0.2, -0.15) is 0 Å². The summed E-state index contributed by atoms with van der Waals surface area (Å²) in [6.07, 6.45) is 0. The lowest BCUT2D eigenvalue weighted by Gasteiger charge is -2.18. The van der Waals surface area contributed by atoms with E-state index in [-0.39, 0.29) is 10.6 Å². The zero-order chi connectivity index (χ0) is 15.4. The van der Waals surface area contributed by atoms with Crippen LogP contribution >= 0.6 is 15.9 Å². The second-order valence-corrected chi connectivity index (χ2v) is 5.27. The molecule has 2 aromatic rings. The lowest BCUT2D eigenvalue weighted by atomic mass is 10.0. The van der Waals surface area contributed by atoms with E-state index in [4.69, 9.17) is 14.2 Å². The van der Waals surface area contributed by atoms with Crippen LogP contribution in [-0.4, -0.2) is 21.3 Å². The van der Waals surface area contributed by atoms with Gasteiger partial charge in [-0.15, -0.1) is 0 Å². The van der Waals surface area contributed by atoms with Crippen molar-refractivity contribution in [1.82, 2.24) is 0 Å². The third-order valence-electron chi connectivity index (χ3n) is 3.18. The second-order valence-electron chi connectivity index (χ2n) is 4.36. The molecular weight excluding hydrogens is 339 g/mol. The van der Waals surface area contributed by atoms with E-state index >= 15 is 0 Å². The summed E-state index contributed by atoms with van der Waals surface area (Å²) in [6.45, 7) is 0. The molecule has 0 N–H and O–H groups in total. The first kappa shape index (κ1) is 15.6. The van der Waals surface area contributed by atoms with E-state index in [2.05, 4.69) is 15.9 Å². The lowest BCUT2D eigenvalue weighted by molar-refractivity contribution is 0.390. The van der Waals surface area contributed by atoms with Crippen LogP contribution in [-0.2, 0) is 0 Å². The van der Waals surface area contributed by atoms with Crippen LogP contribution in [0.2, 0.25) is 0 Å². The SMILES string of the molecule is COc1ccc(C(Br)c2cc(F)ccc2OC)c(OC)c1. The zero-order valence-corrected chi connectivity index (χ0v) is 13.6. The minimum atomic E-state index is -0.317. The van der Waals surface area contributed by atoms with Gasteiger partial charge in [0.2, 0.25) is 0 Å². The van der Waals surface area contributed by atoms with Crippen molar-refractivity contribution in [2.75, 3.05) is 21.3 Å². The number of hydrogen-bond donors (Lipinski definition) is 0. The summed E-state index contributed by atoms with van der Waals surface area (Å²) < 4.78 is 29.4. The fraction of sp³-hybridized carbons (Fsp3) is 0.250. The minimum absolute atomic E-state index is 0.260. The van der Waals surface area contributed by atoms with Crippen molar-refractivity contribution in [1.29, 1.82) is 0 Å². The van der Waals surface area contributed by atoms with Gasteiger partial charge in [0.25, 0.3) is 0 Å². The highest BCUT2D eigenvalue weighted by atomic mass is 79.9. The van der Waals surface area contributed by atoms with Gasteiger partial charge in [0.05, 0.1) is 26.2 Å². The van der Waals surface area contributed by atoms with Gasteiger partial charge in [0.15, 0.2) is 0 Å². The standard InChI is InChI=1S/C16H16BrFO3/c1-19-11-5-6-12(15(9-11)21-3)16(17)13-8-10(18)4-7-14(13)20-2/h4-9,16H,1-3H3. The molecule has 2 rings (SSSR count). The Morgan fingerprint density at radius 3 is 2.19 bits per heavy atom. The molecule has 112 valence electrons. The third-order valence-corrected chi connectivity index (χ3v) is 4.16. The summed E-state index contributed by atoms with van der Waals surface area (Å²) in [5.41, 5.74) is 1.56. The van der Waals surface area contributed by atoms with Crippen LogP contribution in [0, 0.1) is 5.82 Å². The number of alkyl halides is 1. The Labute approximate surface area is 131 Å². The van der Waals surface area contributed by atoms with Crippen molar-refractivity contribution in [2.45, 2.75) is 4.83 Å². The number of rotatable bonds is 5. The maximum Gasteiger partial charge on any atom is 0.127 e. The maximum absolute atomic E-state index is 13.5. The average molecular weight is 355 g/mol. The molecule has 21 heavy (non-hydrogen) atoms. The molecule has 0 heterocycles. The number of halogens is 2. The molecule has 1 atom stereocenters. The van der Waals surface area contributed by atoms with Gasteiger partial charge in [0.1, 0.15) is 23.1 Å². The first-order chi connectivity index (χ1) is 10.1. The van der Waals surface area contributed by atoms with E-state index in [1.54, 1.807) is 33.5 Å². The fourth-order valence-corrected chi connectivity index (χ4v) is 2.83. The molecular formula is C16H16BrFO3. The molecule has 3 nitrogen and oxygen atoms in total. The summed E-state index contributed by atoms with van der Waals surface area (Å²) in [5, 5.41) is 0. The first-order valence-corrected chi connectivity index (χ1v) is 7.21. The van der Waals surface area contributed by atoms with Crippen LogP contribution in [0.1, 0.15) is 16.0 Å². The number of ether oxygens (including phenoxy) is 3. The van der Waals surface area contributed by atoms with E-state index in [1.807, 2.05) is 12.1 Å². The van der Waals surface area contributed by atoms with E-state index in [9.17, 15) is 4.39 Å². The molecule has 0 saturated heterocycles. The molecule has 0 bridgehead atoms. The van der Waals surface area contributed by atoms with Crippen LogP contribution in [0.4, 0.5) is 4.39 Å². The largest absolute Gasteiger partial charge is 0.497 e. The fourth-order valence-electron chi connectivity index (χ4n) is 2.10. The molecule has 0 spiro atoms. The molecule has 0 amide bonds. The Balaban J connectivity index is 2.49. The Kier molecular flexibility index (Phi) is 5.07. The monoisotopic (exact) mass is 354 g/mol. The van der Waals surface area contributed by atoms with E-state index < -0.39 is 0 Å². The first-order valence-electron chi connectivity index (χ1n) is 6.30. The predicted molar refractivity (Wildman–Crippen MR) is 83.3 cm³/mol. The quantitative estimate of drug-likeness (QED) is 0.747. The highest BCUT2D eigenvalue weighted by Crippen LogP contribution is 2.41. The normalized spacial score (nSPS) is 11.9. The Bertz CT molecular complexity index is 631. The summed E-state index contributed by atoms with van der Waals surface area (Å²) in [6, 6.07) is 9.92. The van der Waals surface area contributed by atoms with E-state index in [0.717, 1.165) is 5.56 Å². The van der Waals surface area contributed by atoms with Crippen LogP contribution in [0.3, 0.4) is 0 Å². The molecule has 2 aromatic carbocycles. The van der Waals surface area contributed by atoms with Crippen LogP contribution in [0.5, 0.6) is 17.2 Å². The van der Waals surface area contributed by atoms with Gasteiger partial charge in [0, 0.05) is 17.2 Å². The smallest absolute Gasteiger partial charge is 0.127 e. The van der Waals surface area contributed by atoms with Gasteiger partial charge in [-0.05, 0) is 24.3 Å².